The molecule has 3 heteroatoms. The molecule has 5 unspecified atom stereocenters. The molecule has 0 bridgehead atoms. The quantitative estimate of drug-likeness (QED) is 0.140. The van der Waals surface area contributed by atoms with E-state index in [1.807, 2.05) is 44.2 Å². The van der Waals surface area contributed by atoms with E-state index in [0.717, 1.165) is 42.9 Å². The van der Waals surface area contributed by atoms with Crippen molar-refractivity contribution in [1.29, 1.82) is 0 Å². The van der Waals surface area contributed by atoms with E-state index in [0.29, 0.717) is 35.0 Å². The van der Waals surface area contributed by atoms with Crippen molar-refractivity contribution in [3.05, 3.63) is 76.9 Å². The van der Waals surface area contributed by atoms with Gasteiger partial charge >= 0.3 is 5.97 Å². The van der Waals surface area contributed by atoms with Gasteiger partial charge in [-0.05, 0) is 115 Å². The number of aldehydes is 1. The minimum Gasteiger partial charge on any atom is -0.423 e. The summed E-state index contributed by atoms with van der Waals surface area (Å²) in [5, 5.41) is 0. The summed E-state index contributed by atoms with van der Waals surface area (Å²) in [5.41, 5.74) is 6.36. The second kappa shape index (κ2) is 15.5. The van der Waals surface area contributed by atoms with Crippen molar-refractivity contribution in [3.63, 3.8) is 0 Å². The summed E-state index contributed by atoms with van der Waals surface area (Å²) >= 11 is 0. The van der Waals surface area contributed by atoms with Gasteiger partial charge in [-0.2, -0.15) is 0 Å². The fourth-order valence-corrected chi connectivity index (χ4v) is 7.34. The maximum atomic E-state index is 12.8. The Bertz CT molecular complexity index is 1140. The van der Waals surface area contributed by atoms with Crippen LogP contribution in [0.15, 0.2) is 54.6 Å². The number of aryl methyl sites for hydroxylation is 1. The number of hydrogen-bond donors (Lipinski definition) is 0. The van der Waals surface area contributed by atoms with E-state index in [4.69, 9.17) is 4.74 Å². The van der Waals surface area contributed by atoms with Gasteiger partial charge in [0.05, 0.1) is 5.56 Å². The number of carbonyl (C=O) groups is 2. The van der Waals surface area contributed by atoms with Gasteiger partial charge in [0.25, 0.3) is 0 Å². The molecule has 0 radical (unpaired) electrons. The smallest absolute Gasteiger partial charge is 0.343 e. The molecule has 3 nitrogen and oxygen atoms in total. The van der Waals surface area contributed by atoms with Gasteiger partial charge in [0, 0.05) is 6.42 Å². The van der Waals surface area contributed by atoms with E-state index in [2.05, 4.69) is 46.4 Å². The first kappa shape index (κ1) is 32.8. The Kier molecular flexibility index (Phi) is 12.4. The molecule has 0 spiro atoms. The van der Waals surface area contributed by atoms with Crippen molar-refractivity contribution in [3.8, 4) is 5.75 Å². The highest BCUT2D eigenvalue weighted by molar-refractivity contribution is 5.91. The molecule has 5 rings (SSSR count). The zero-order valence-electron chi connectivity index (χ0n) is 26.6. The van der Waals surface area contributed by atoms with E-state index in [1.54, 1.807) is 0 Å². The van der Waals surface area contributed by atoms with Crippen LogP contribution in [0.4, 0.5) is 0 Å². The first-order valence-electron chi connectivity index (χ1n) is 16.4. The Balaban J connectivity index is 0.000000710. The van der Waals surface area contributed by atoms with Gasteiger partial charge < -0.3 is 9.53 Å². The van der Waals surface area contributed by atoms with Crippen molar-refractivity contribution < 1.29 is 14.3 Å². The summed E-state index contributed by atoms with van der Waals surface area (Å²) < 4.78 is 5.79. The first-order valence-corrected chi connectivity index (χ1v) is 16.4. The number of esters is 1. The Morgan fingerprint density at radius 3 is 2.37 bits per heavy atom. The van der Waals surface area contributed by atoms with Crippen LogP contribution in [0.1, 0.15) is 132 Å². The Morgan fingerprint density at radius 2 is 1.73 bits per heavy atom. The number of allylic oxidation sites excluding steroid dienone is 1. The molecule has 0 aliphatic heterocycles. The van der Waals surface area contributed by atoms with E-state index in [-0.39, 0.29) is 5.97 Å². The minimum absolute atomic E-state index is 0.317. The average molecular weight is 559 g/mol. The molecule has 0 aromatic heterocycles. The van der Waals surface area contributed by atoms with Crippen LogP contribution in [0.5, 0.6) is 5.75 Å². The van der Waals surface area contributed by atoms with E-state index in [1.165, 1.54) is 61.6 Å². The van der Waals surface area contributed by atoms with Gasteiger partial charge in [-0.25, -0.2) is 4.79 Å². The van der Waals surface area contributed by atoms with E-state index in [9.17, 15) is 9.59 Å². The van der Waals surface area contributed by atoms with Crippen molar-refractivity contribution in [2.75, 3.05) is 0 Å². The molecular weight excluding hydrogens is 504 g/mol. The van der Waals surface area contributed by atoms with Crippen LogP contribution in [0.3, 0.4) is 0 Å². The van der Waals surface area contributed by atoms with Crippen LogP contribution in [0.2, 0.25) is 0 Å². The third-order valence-electron chi connectivity index (χ3n) is 10.1. The number of carbonyl (C=O) groups excluding carboxylic acids is 2. The highest BCUT2D eigenvalue weighted by Crippen LogP contribution is 2.62. The molecule has 2 saturated carbocycles. The lowest BCUT2D eigenvalue weighted by Crippen LogP contribution is -2.40. The van der Waals surface area contributed by atoms with Crippen molar-refractivity contribution >= 4 is 12.3 Å². The fourth-order valence-electron chi connectivity index (χ4n) is 7.34. The van der Waals surface area contributed by atoms with Crippen LogP contribution in [-0.2, 0) is 17.6 Å². The van der Waals surface area contributed by atoms with Crippen LogP contribution >= 0.6 is 0 Å². The van der Waals surface area contributed by atoms with E-state index < -0.39 is 0 Å². The molecule has 2 fully saturated rings. The molecule has 0 heterocycles. The van der Waals surface area contributed by atoms with Crippen LogP contribution < -0.4 is 4.74 Å². The molecule has 3 aliphatic rings. The van der Waals surface area contributed by atoms with Crippen LogP contribution in [0, 0.1) is 23.2 Å². The number of benzene rings is 2. The number of hydrogen-bond acceptors (Lipinski definition) is 3. The highest BCUT2D eigenvalue weighted by atomic mass is 16.5. The molecule has 0 saturated heterocycles. The summed E-state index contributed by atoms with van der Waals surface area (Å²) in [6.07, 6.45) is 13.3. The number of unbranched alkanes of at least 4 members (excludes halogenated alkanes) is 1. The van der Waals surface area contributed by atoms with Gasteiger partial charge in [-0.3, -0.25) is 0 Å². The minimum atomic E-state index is -0.317. The maximum absolute atomic E-state index is 12.8. The van der Waals surface area contributed by atoms with Crippen molar-refractivity contribution in [1.82, 2.24) is 0 Å². The molecule has 5 atom stereocenters. The summed E-state index contributed by atoms with van der Waals surface area (Å²) in [7, 11) is 0. The van der Waals surface area contributed by atoms with Gasteiger partial charge in [0.2, 0.25) is 0 Å². The summed E-state index contributed by atoms with van der Waals surface area (Å²) in [6.45, 7) is 17.4. The molecular formula is C38H54O3. The topological polar surface area (TPSA) is 43.4 Å². The Morgan fingerprint density at radius 1 is 1.02 bits per heavy atom. The molecule has 2 aromatic carbocycles. The summed E-state index contributed by atoms with van der Waals surface area (Å²) in [5.74, 6) is 2.84. The molecule has 3 aliphatic carbocycles. The predicted octanol–water partition coefficient (Wildman–Crippen LogP) is 10.3. The number of rotatable bonds is 8. The Hall–Kier alpha value is -2.68. The molecule has 0 N–H and O–H groups in total. The van der Waals surface area contributed by atoms with Crippen LogP contribution in [0.25, 0.3) is 0 Å². The number of ether oxygens (including phenoxy) is 1. The lowest BCUT2D eigenvalue weighted by Gasteiger charge is -2.49. The standard InChI is InChI=1S/C32H38O3.C4H10.C2H6/c1-4-22(16-18-33)19-23-6-8-24(9-7-23)31(34)35-26-11-13-27-25(20-26)10-12-29-28(27)15-17-32(3)21(2)5-14-30(29)32;1-3-4-2;1-2/h6-9,11,13,18,20,22,28-30H,2,4-5,10,12,14-17,19H2,1,3H3;3-4H2,1-2H3;1-2H3. The second-order valence-electron chi connectivity index (χ2n) is 12.3. The summed E-state index contributed by atoms with van der Waals surface area (Å²) in [6, 6.07) is 13.9. The molecule has 2 aromatic rings. The monoisotopic (exact) mass is 558 g/mol. The number of fused-ring (bicyclic) bond motifs is 5. The highest BCUT2D eigenvalue weighted by Gasteiger charge is 2.51. The second-order valence-corrected chi connectivity index (χ2v) is 12.3. The SMILES string of the molecule is C=C1CCC2C3CCc4cc(OC(=O)c5ccc(CC(CC)CC=O)cc5)ccc4C3CCC12C.CC.CCCC. The molecule has 41 heavy (non-hydrogen) atoms. The van der Waals surface area contributed by atoms with Gasteiger partial charge in [0.15, 0.2) is 0 Å². The largest absolute Gasteiger partial charge is 0.423 e. The third kappa shape index (κ3) is 7.59. The van der Waals surface area contributed by atoms with Crippen molar-refractivity contribution in [2.45, 2.75) is 118 Å². The zero-order chi connectivity index (χ0) is 30.0. The van der Waals surface area contributed by atoms with Crippen molar-refractivity contribution in [2.24, 2.45) is 23.2 Å². The van der Waals surface area contributed by atoms with Crippen LogP contribution in [-0.4, -0.2) is 12.3 Å². The molecule has 224 valence electrons. The zero-order valence-corrected chi connectivity index (χ0v) is 26.6. The normalized spacial score (nSPS) is 24.7. The van der Waals surface area contributed by atoms with E-state index >= 15 is 0 Å². The molecule has 0 amide bonds. The average Bonchev–Trinajstić information content (AvgIpc) is 3.32. The lowest BCUT2D eigenvalue weighted by molar-refractivity contribution is -0.108. The van der Waals surface area contributed by atoms with Gasteiger partial charge in [0.1, 0.15) is 12.0 Å². The Labute approximate surface area is 250 Å². The third-order valence-corrected chi connectivity index (χ3v) is 10.1. The summed E-state index contributed by atoms with van der Waals surface area (Å²) in [4.78, 5) is 23.7. The predicted molar refractivity (Wildman–Crippen MR) is 172 cm³/mol. The fraction of sp³-hybridized carbons (Fsp3) is 0.579. The first-order chi connectivity index (χ1) is 19.8. The lowest BCUT2D eigenvalue weighted by atomic mass is 9.55. The van der Waals surface area contributed by atoms with Gasteiger partial charge in [-0.15, -0.1) is 0 Å². The maximum Gasteiger partial charge on any atom is 0.343 e. The van der Waals surface area contributed by atoms with Gasteiger partial charge in [-0.1, -0.05) is 91.2 Å².